The van der Waals surface area contributed by atoms with Crippen LogP contribution in [0, 0.1) is 6.92 Å². The molecule has 3 aromatic carbocycles. The topological polar surface area (TPSA) is 38.3 Å². The first-order chi connectivity index (χ1) is 11.7. The Morgan fingerprint density at radius 3 is 2.21 bits per heavy atom. The molecular weight excluding hydrogens is 298 g/mol. The van der Waals surface area contributed by atoms with E-state index in [9.17, 15) is 4.79 Å². The second-order valence-electron chi connectivity index (χ2n) is 5.62. The number of benzene rings is 3. The van der Waals surface area contributed by atoms with Gasteiger partial charge in [0.2, 0.25) is 0 Å². The first-order valence-corrected chi connectivity index (χ1v) is 7.85. The van der Waals surface area contributed by atoms with Gasteiger partial charge in [0.15, 0.2) is 0 Å². The number of aryl methyl sites for hydroxylation is 1. The summed E-state index contributed by atoms with van der Waals surface area (Å²) in [7, 11) is 0. The zero-order chi connectivity index (χ0) is 16.8. The molecule has 3 heteroatoms. The van der Waals surface area contributed by atoms with E-state index in [0.717, 1.165) is 22.6 Å². The molecule has 3 rings (SSSR count). The van der Waals surface area contributed by atoms with Crippen LogP contribution in [0.4, 0.5) is 5.69 Å². The minimum absolute atomic E-state index is 0.116. The number of ether oxygens (including phenoxy) is 1. The van der Waals surface area contributed by atoms with Crippen molar-refractivity contribution in [3.8, 4) is 5.75 Å². The average Bonchev–Trinajstić information content (AvgIpc) is 2.63. The van der Waals surface area contributed by atoms with Crippen LogP contribution in [0.2, 0.25) is 0 Å². The lowest BCUT2D eigenvalue weighted by atomic mass is 10.1. The molecule has 0 saturated heterocycles. The molecule has 0 spiro atoms. The van der Waals surface area contributed by atoms with Crippen molar-refractivity contribution in [2.24, 2.45) is 0 Å². The second kappa shape index (κ2) is 7.47. The predicted molar refractivity (Wildman–Crippen MR) is 96.3 cm³/mol. The smallest absolute Gasteiger partial charge is 0.255 e. The van der Waals surface area contributed by atoms with Crippen LogP contribution < -0.4 is 10.1 Å². The number of hydrogen-bond acceptors (Lipinski definition) is 2. The molecule has 0 fully saturated rings. The molecule has 3 nitrogen and oxygen atoms in total. The highest BCUT2D eigenvalue weighted by atomic mass is 16.5. The molecule has 0 atom stereocenters. The molecule has 0 radical (unpaired) electrons. The van der Waals surface area contributed by atoms with Crippen LogP contribution in [0.3, 0.4) is 0 Å². The summed E-state index contributed by atoms with van der Waals surface area (Å²) in [5.74, 6) is 0.716. The molecule has 24 heavy (non-hydrogen) atoms. The van der Waals surface area contributed by atoms with Gasteiger partial charge in [-0.05, 0) is 48.9 Å². The molecule has 0 aliphatic carbocycles. The Morgan fingerprint density at radius 1 is 0.875 bits per heavy atom. The number of carbonyl (C=O) groups is 1. The van der Waals surface area contributed by atoms with Crippen molar-refractivity contribution in [1.82, 2.24) is 0 Å². The number of hydrogen-bond donors (Lipinski definition) is 1. The number of rotatable bonds is 5. The molecule has 0 aliphatic rings. The Balaban J connectivity index is 1.59. The second-order valence-corrected chi connectivity index (χ2v) is 5.62. The SMILES string of the molecule is Cc1ccc(NC(=O)c2ccc(COc3ccccc3)cc2)cc1. The fourth-order valence-electron chi connectivity index (χ4n) is 2.28. The van der Waals surface area contributed by atoms with Crippen LogP contribution in [0.1, 0.15) is 21.5 Å². The third-order valence-electron chi connectivity index (χ3n) is 3.67. The summed E-state index contributed by atoms with van der Waals surface area (Å²) in [5.41, 5.74) is 3.60. The third-order valence-corrected chi connectivity index (χ3v) is 3.67. The van der Waals surface area contributed by atoms with Crippen molar-refractivity contribution in [2.75, 3.05) is 5.32 Å². The van der Waals surface area contributed by atoms with Crippen LogP contribution >= 0.6 is 0 Å². The number of para-hydroxylation sites is 1. The van der Waals surface area contributed by atoms with Gasteiger partial charge >= 0.3 is 0 Å². The van der Waals surface area contributed by atoms with E-state index in [1.807, 2.05) is 85.8 Å². The number of anilines is 1. The molecule has 1 N–H and O–H groups in total. The Bertz CT molecular complexity index is 794. The van der Waals surface area contributed by atoms with Gasteiger partial charge in [0.25, 0.3) is 5.91 Å². The van der Waals surface area contributed by atoms with Crippen molar-refractivity contribution in [1.29, 1.82) is 0 Å². The zero-order valence-electron chi connectivity index (χ0n) is 13.5. The van der Waals surface area contributed by atoms with E-state index in [4.69, 9.17) is 4.74 Å². The highest BCUT2D eigenvalue weighted by Crippen LogP contribution is 2.14. The molecular formula is C21H19NO2. The normalized spacial score (nSPS) is 10.2. The molecule has 0 aliphatic heterocycles. The summed E-state index contributed by atoms with van der Waals surface area (Å²) in [6.07, 6.45) is 0. The maximum atomic E-state index is 12.2. The number of carbonyl (C=O) groups excluding carboxylic acids is 1. The summed E-state index contributed by atoms with van der Waals surface area (Å²) in [6, 6.07) is 24.9. The molecule has 0 saturated carbocycles. The summed E-state index contributed by atoms with van der Waals surface area (Å²) in [4.78, 5) is 12.2. The van der Waals surface area contributed by atoms with E-state index in [-0.39, 0.29) is 5.91 Å². The number of amides is 1. The van der Waals surface area contributed by atoms with Gasteiger partial charge in [-0.3, -0.25) is 4.79 Å². The highest BCUT2D eigenvalue weighted by molar-refractivity contribution is 6.04. The van der Waals surface area contributed by atoms with Crippen molar-refractivity contribution in [2.45, 2.75) is 13.5 Å². The summed E-state index contributed by atoms with van der Waals surface area (Å²) >= 11 is 0. The summed E-state index contributed by atoms with van der Waals surface area (Å²) in [5, 5.41) is 2.89. The van der Waals surface area contributed by atoms with Crippen molar-refractivity contribution < 1.29 is 9.53 Å². The predicted octanol–water partition coefficient (Wildman–Crippen LogP) is 4.83. The molecule has 1 amide bonds. The molecule has 0 bridgehead atoms. The van der Waals surface area contributed by atoms with Crippen LogP contribution in [0.15, 0.2) is 78.9 Å². The van der Waals surface area contributed by atoms with Crippen LogP contribution in [-0.4, -0.2) is 5.91 Å². The minimum atomic E-state index is -0.116. The lowest BCUT2D eigenvalue weighted by molar-refractivity contribution is 0.102. The highest BCUT2D eigenvalue weighted by Gasteiger charge is 2.06. The van der Waals surface area contributed by atoms with Gasteiger partial charge in [0.1, 0.15) is 12.4 Å². The van der Waals surface area contributed by atoms with Crippen LogP contribution in [0.5, 0.6) is 5.75 Å². The maximum absolute atomic E-state index is 12.2. The van der Waals surface area contributed by atoms with Gasteiger partial charge in [0, 0.05) is 11.3 Å². The monoisotopic (exact) mass is 317 g/mol. The van der Waals surface area contributed by atoms with Gasteiger partial charge < -0.3 is 10.1 Å². The van der Waals surface area contributed by atoms with Gasteiger partial charge in [-0.1, -0.05) is 48.0 Å². The quantitative estimate of drug-likeness (QED) is 0.732. The summed E-state index contributed by atoms with van der Waals surface area (Å²) < 4.78 is 5.70. The standard InChI is InChI=1S/C21H19NO2/c1-16-7-13-19(14-8-16)22-21(23)18-11-9-17(10-12-18)15-24-20-5-3-2-4-6-20/h2-14H,15H2,1H3,(H,22,23). The lowest BCUT2D eigenvalue weighted by Crippen LogP contribution is -2.11. The minimum Gasteiger partial charge on any atom is -0.489 e. The van der Waals surface area contributed by atoms with E-state index in [2.05, 4.69) is 5.32 Å². The Hall–Kier alpha value is -3.07. The van der Waals surface area contributed by atoms with Crippen molar-refractivity contribution in [3.05, 3.63) is 95.6 Å². The van der Waals surface area contributed by atoms with Gasteiger partial charge in [-0.25, -0.2) is 0 Å². The summed E-state index contributed by atoms with van der Waals surface area (Å²) in [6.45, 7) is 2.49. The fourth-order valence-corrected chi connectivity index (χ4v) is 2.28. The molecule has 0 heterocycles. The fraction of sp³-hybridized carbons (Fsp3) is 0.0952. The third kappa shape index (κ3) is 4.23. The Morgan fingerprint density at radius 2 is 1.54 bits per heavy atom. The largest absolute Gasteiger partial charge is 0.489 e. The molecule has 0 aromatic heterocycles. The zero-order valence-corrected chi connectivity index (χ0v) is 13.5. The van der Waals surface area contributed by atoms with E-state index in [1.54, 1.807) is 0 Å². The Kier molecular flexibility index (Phi) is 4.92. The molecule has 0 unspecified atom stereocenters. The van der Waals surface area contributed by atoms with Gasteiger partial charge in [-0.2, -0.15) is 0 Å². The van der Waals surface area contributed by atoms with Crippen molar-refractivity contribution in [3.63, 3.8) is 0 Å². The molecule has 3 aromatic rings. The van der Waals surface area contributed by atoms with Crippen LogP contribution in [-0.2, 0) is 6.61 Å². The lowest BCUT2D eigenvalue weighted by Gasteiger charge is -2.08. The molecule has 120 valence electrons. The van der Waals surface area contributed by atoms with Crippen LogP contribution in [0.25, 0.3) is 0 Å². The maximum Gasteiger partial charge on any atom is 0.255 e. The van der Waals surface area contributed by atoms with E-state index in [0.29, 0.717) is 12.2 Å². The van der Waals surface area contributed by atoms with E-state index >= 15 is 0 Å². The van der Waals surface area contributed by atoms with E-state index < -0.39 is 0 Å². The average molecular weight is 317 g/mol. The van der Waals surface area contributed by atoms with E-state index in [1.165, 1.54) is 0 Å². The number of nitrogens with one attached hydrogen (secondary N) is 1. The first kappa shape index (κ1) is 15.8. The Labute approximate surface area is 141 Å². The van der Waals surface area contributed by atoms with Gasteiger partial charge in [0.05, 0.1) is 0 Å². The first-order valence-electron chi connectivity index (χ1n) is 7.85. The van der Waals surface area contributed by atoms with Crippen molar-refractivity contribution >= 4 is 11.6 Å². The van der Waals surface area contributed by atoms with Gasteiger partial charge in [-0.15, -0.1) is 0 Å².